The standard InChI is InChI=1S/C27H31N5O4/c1-19(20-7-3-2-4-8-20)36-26(35)30-24-12-15-29-32(24)21-10-11-23(28-18-21)31-16-6-5-9-22(31)27(13-14-27)17-25(33)34/h2-4,7-8,10-12,15,18-19,22H,5-6,9,13-14,16-17H2,1H3,(H,30,35)(H,33,34). The molecule has 3 heterocycles. The Morgan fingerprint density at radius 1 is 1.17 bits per heavy atom. The Morgan fingerprint density at radius 3 is 2.67 bits per heavy atom. The molecule has 3 aromatic rings. The molecule has 1 amide bonds. The van der Waals surface area contributed by atoms with Gasteiger partial charge in [-0.2, -0.15) is 5.10 Å². The first-order valence-electron chi connectivity index (χ1n) is 12.5. The molecule has 36 heavy (non-hydrogen) atoms. The first kappa shape index (κ1) is 23.8. The predicted octanol–water partition coefficient (Wildman–Crippen LogP) is 5.19. The highest BCUT2D eigenvalue weighted by atomic mass is 16.6. The van der Waals surface area contributed by atoms with Gasteiger partial charge in [0.2, 0.25) is 0 Å². The molecule has 0 radical (unpaired) electrons. The number of benzene rings is 1. The molecule has 1 aromatic carbocycles. The Kier molecular flexibility index (Phi) is 6.63. The highest BCUT2D eigenvalue weighted by Crippen LogP contribution is 2.55. The highest BCUT2D eigenvalue weighted by molar-refractivity contribution is 5.84. The van der Waals surface area contributed by atoms with E-state index in [-0.39, 0.29) is 17.9 Å². The van der Waals surface area contributed by atoms with Crippen LogP contribution in [0.15, 0.2) is 60.9 Å². The van der Waals surface area contributed by atoms with Gasteiger partial charge in [0.1, 0.15) is 17.7 Å². The van der Waals surface area contributed by atoms with Gasteiger partial charge in [0, 0.05) is 24.1 Å². The number of rotatable bonds is 8. The van der Waals surface area contributed by atoms with Gasteiger partial charge in [-0.1, -0.05) is 30.3 Å². The smallest absolute Gasteiger partial charge is 0.413 e. The van der Waals surface area contributed by atoms with Gasteiger partial charge in [-0.3, -0.25) is 10.1 Å². The molecule has 2 N–H and O–H groups in total. The molecule has 2 atom stereocenters. The lowest BCUT2D eigenvalue weighted by Gasteiger charge is -2.41. The van der Waals surface area contributed by atoms with Crippen LogP contribution < -0.4 is 10.2 Å². The maximum Gasteiger partial charge on any atom is 0.413 e. The Bertz CT molecular complexity index is 1210. The topological polar surface area (TPSA) is 110 Å². The number of hydrogen-bond acceptors (Lipinski definition) is 6. The second kappa shape index (κ2) is 10.0. The van der Waals surface area contributed by atoms with Crippen LogP contribution in [0.25, 0.3) is 5.69 Å². The summed E-state index contributed by atoms with van der Waals surface area (Å²) >= 11 is 0. The van der Waals surface area contributed by atoms with Gasteiger partial charge in [-0.25, -0.2) is 14.5 Å². The van der Waals surface area contributed by atoms with E-state index < -0.39 is 18.2 Å². The van der Waals surface area contributed by atoms with Crippen molar-refractivity contribution in [1.29, 1.82) is 0 Å². The maximum absolute atomic E-state index is 12.5. The molecule has 1 saturated carbocycles. The van der Waals surface area contributed by atoms with Crippen LogP contribution >= 0.6 is 0 Å². The molecule has 1 saturated heterocycles. The fourth-order valence-electron chi connectivity index (χ4n) is 5.30. The van der Waals surface area contributed by atoms with Crippen molar-refractivity contribution in [3.05, 3.63) is 66.5 Å². The van der Waals surface area contributed by atoms with Crippen molar-refractivity contribution in [3.8, 4) is 5.69 Å². The molecular weight excluding hydrogens is 458 g/mol. The van der Waals surface area contributed by atoms with Crippen LogP contribution in [0.5, 0.6) is 0 Å². The number of nitrogens with zero attached hydrogens (tertiary/aromatic N) is 4. The number of anilines is 2. The molecule has 2 aliphatic rings. The van der Waals surface area contributed by atoms with Crippen LogP contribution in [0.1, 0.15) is 57.1 Å². The van der Waals surface area contributed by atoms with E-state index in [0.29, 0.717) is 11.5 Å². The number of aliphatic carboxylic acids is 1. The summed E-state index contributed by atoms with van der Waals surface area (Å²) in [7, 11) is 0. The minimum absolute atomic E-state index is 0.136. The van der Waals surface area contributed by atoms with Crippen LogP contribution in [-0.4, -0.2) is 44.5 Å². The largest absolute Gasteiger partial charge is 0.481 e. The molecule has 188 valence electrons. The van der Waals surface area contributed by atoms with Crippen LogP contribution in [0.2, 0.25) is 0 Å². The van der Waals surface area contributed by atoms with Crippen molar-refractivity contribution in [2.24, 2.45) is 5.41 Å². The summed E-state index contributed by atoms with van der Waals surface area (Å²) < 4.78 is 7.12. The van der Waals surface area contributed by atoms with Gasteiger partial charge >= 0.3 is 12.1 Å². The zero-order valence-electron chi connectivity index (χ0n) is 20.3. The Labute approximate surface area is 210 Å². The number of nitrogens with one attached hydrogen (secondary N) is 1. The minimum atomic E-state index is -0.725. The van der Waals surface area contributed by atoms with Gasteiger partial charge in [0.05, 0.1) is 24.5 Å². The van der Waals surface area contributed by atoms with E-state index in [1.165, 1.54) is 0 Å². The van der Waals surface area contributed by atoms with E-state index in [2.05, 4.69) is 15.3 Å². The minimum Gasteiger partial charge on any atom is -0.481 e. The number of piperidine rings is 1. The van der Waals surface area contributed by atoms with E-state index in [0.717, 1.165) is 50.0 Å². The van der Waals surface area contributed by atoms with Crippen molar-refractivity contribution in [1.82, 2.24) is 14.8 Å². The van der Waals surface area contributed by atoms with Crippen LogP contribution in [0, 0.1) is 5.41 Å². The average Bonchev–Trinajstić information content (AvgIpc) is 3.51. The Balaban J connectivity index is 1.28. The SMILES string of the molecule is CC(OC(=O)Nc1ccnn1-c1ccc(N2CCCCC2C2(CC(=O)O)CC2)nc1)c1ccccc1. The van der Waals surface area contributed by atoms with E-state index in [1.807, 2.05) is 49.4 Å². The normalized spacial score (nSPS) is 19.4. The summed E-state index contributed by atoms with van der Waals surface area (Å²) in [5.74, 6) is 0.596. The second-order valence-electron chi connectivity index (χ2n) is 9.72. The molecule has 1 aliphatic carbocycles. The van der Waals surface area contributed by atoms with E-state index in [9.17, 15) is 14.7 Å². The summed E-state index contributed by atoms with van der Waals surface area (Å²) in [5, 5.41) is 16.5. The van der Waals surface area contributed by atoms with Crippen molar-refractivity contribution >= 4 is 23.7 Å². The monoisotopic (exact) mass is 489 g/mol. The quantitative estimate of drug-likeness (QED) is 0.448. The van der Waals surface area contributed by atoms with Crippen LogP contribution in [0.4, 0.5) is 16.4 Å². The van der Waals surface area contributed by atoms with Crippen molar-refractivity contribution in [3.63, 3.8) is 0 Å². The van der Waals surface area contributed by atoms with Crippen molar-refractivity contribution < 1.29 is 19.4 Å². The fraction of sp³-hybridized carbons (Fsp3) is 0.407. The van der Waals surface area contributed by atoms with E-state index in [1.54, 1.807) is 23.1 Å². The number of carboxylic acids is 1. The number of aromatic nitrogens is 3. The van der Waals surface area contributed by atoms with Gasteiger partial charge in [-0.15, -0.1) is 0 Å². The first-order valence-corrected chi connectivity index (χ1v) is 12.5. The Hall–Kier alpha value is -3.88. The third-order valence-electron chi connectivity index (χ3n) is 7.30. The van der Waals surface area contributed by atoms with Gasteiger partial charge in [0.25, 0.3) is 0 Å². The van der Waals surface area contributed by atoms with Gasteiger partial charge in [0.15, 0.2) is 0 Å². The maximum atomic E-state index is 12.5. The predicted molar refractivity (Wildman–Crippen MR) is 135 cm³/mol. The number of pyridine rings is 1. The number of hydrogen-bond donors (Lipinski definition) is 2. The summed E-state index contributed by atoms with van der Waals surface area (Å²) in [6.45, 7) is 2.70. The Morgan fingerprint density at radius 2 is 1.97 bits per heavy atom. The molecule has 2 unspecified atom stereocenters. The lowest BCUT2D eigenvalue weighted by molar-refractivity contribution is -0.138. The summed E-state index contributed by atoms with van der Waals surface area (Å²) in [5.41, 5.74) is 1.48. The molecule has 9 heteroatoms. The number of amides is 1. The molecule has 0 bridgehead atoms. The van der Waals surface area contributed by atoms with Crippen molar-refractivity contribution in [2.45, 2.75) is 57.6 Å². The number of ether oxygens (including phenoxy) is 1. The molecule has 2 aromatic heterocycles. The first-order chi connectivity index (χ1) is 17.4. The van der Waals surface area contributed by atoms with Crippen molar-refractivity contribution in [2.75, 3.05) is 16.8 Å². The lowest BCUT2D eigenvalue weighted by atomic mass is 9.85. The number of carbonyl (C=O) groups is 2. The molecule has 9 nitrogen and oxygen atoms in total. The zero-order chi connectivity index (χ0) is 25.1. The third kappa shape index (κ3) is 5.05. The van der Waals surface area contributed by atoms with Gasteiger partial charge < -0.3 is 14.7 Å². The van der Waals surface area contributed by atoms with E-state index >= 15 is 0 Å². The summed E-state index contributed by atoms with van der Waals surface area (Å²) in [6.07, 6.45) is 7.68. The third-order valence-corrected chi connectivity index (χ3v) is 7.30. The average molecular weight is 490 g/mol. The van der Waals surface area contributed by atoms with E-state index in [4.69, 9.17) is 9.72 Å². The zero-order valence-corrected chi connectivity index (χ0v) is 20.3. The van der Waals surface area contributed by atoms with Gasteiger partial charge in [-0.05, 0) is 56.7 Å². The summed E-state index contributed by atoms with van der Waals surface area (Å²) in [4.78, 5) is 31.0. The van der Waals surface area contributed by atoms with Crippen LogP contribution in [-0.2, 0) is 9.53 Å². The fourth-order valence-corrected chi connectivity index (χ4v) is 5.30. The molecule has 5 rings (SSSR count). The highest BCUT2D eigenvalue weighted by Gasteiger charge is 2.53. The summed E-state index contributed by atoms with van der Waals surface area (Å²) in [6, 6.07) is 15.3. The molecule has 2 fully saturated rings. The van der Waals surface area contributed by atoms with Crippen LogP contribution in [0.3, 0.4) is 0 Å². The molecular formula is C27H31N5O4. The number of carboxylic acid groups (broad SMARTS) is 1. The second-order valence-corrected chi connectivity index (χ2v) is 9.72. The molecule has 0 spiro atoms. The lowest BCUT2D eigenvalue weighted by Crippen LogP contribution is -2.46. The molecule has 1 aliphatic heterocycles. The number of carbonyl (C=O) groups excluding carboxylic acids is 1.